The first-order chi connectivity index (χ1) is 17.2. The Morgan fingerprint density at radius 2 is 1.64 bits per heavy atom. The zero-order valence-corrected chi connectivity index (χ0v) is 21.5. The van der Waals surface area contributed by atoms with E-state index in [1.165, 1.54) is 25.3 Å². The molecule has 0 fully saturated rings. The Kier molecular flexibility index (Phi) is 9.52. The molecule has 0 aliphatic heterocycles. The molecular formula is C28H32O7S. The molecule has 36 heavy (non-hydrogen) atoms. The first kappa shape index (κ1) is 27.3. The lowest BCUT2D eigenvalue weighted by atomic mass is 10.0. The van der Waals surface area contributed by atoms with E-state index in [1.807, 2.05) is 31.2 Å². The summed E-state index contributed by atoms with van der Waals surface area (Å²) in [6.07, 6.45) is 1.23. The molecule has 3 rings (SSSR count). The van der Waals surface area contributed by atoms with Gasteiger partial charge in [-0.25, -0.2) is 0 Å². The van der Waals surface area contributed by atoms with Crippen LogP contribution in [0.25, 0.3) is 0 Å². The molecule has 3 aromatic carbocycles. The van der Waals surface area contributed by atoms with Crippen molar-refractivity contribution in [1.82, 2.24) is 0 Å². The minimum atomic E-state index is -4.05. The van der Waals surface area contributed by atoms with Gasteiger partial charge in [0.15, 0.2) is 11.5 Å². The predicted molar refractivity (Wildman–Crippen MR) is 138 cm³/mol. The Morgan fingerprint density at radius 3 is 2.25 bits per heavy atom. The first-order valence-corrected chi connectivity index (χ1v) is 12.9. The molecule has 7 nitrogen and oxygen atoms in total. The van der Waals surface area contributed by atoms with Crippen molar-refractivity contribution in [3.63, 3.8) is 0 Å². The Labute approximate surface area is 213 Å². The van der Waals surface area contributed by atoms with Crippen molar-refractivity contribution in [2.75, 3.05) is 14.2 Å². The maximum Gasteiger partial charge on any atom is 0.339 e. The minimum Gasteiger partial charge on any atom is -0.497 e. The van der Waals surface area contributed by atoms with Crippen molar-refractivity contribution in [1.29, 1.82) is 0 Å². The van der Waals surface area contributed by atoms with Crippen molar-refractivity contribution in [3.8, 4) is 17.2 Å². The van der Waals surface area contributed by atoms with Gasteiger partial charge in [-0.05, 0) is 60.9 Å². The number of hydrogen-bond acceptors (Lipinski definition) is 7. The maximum absolute atomic E-state index is 12.8. The number of benzene rings is 3. The summed E-state index contributed by atoms with van der Waals surface area (Å²) in [6.45, 7) is 5.86. The van der Waals surface area contributed by atoms with E-state index >= 15 is 0 Å². The summed E-state index contributed by atoms with van der Waals surface area (Å²) in [4.78, 5) is 0.0486. The summed E-state index contributed by atoms with van der Waals surface area (Å²) >= 11 is 0. The molecular weight excluding hydrogens is 480 g/mol. The lowest BCUT2D eigenvalue weighted by Crippen LogP contribution is -2.15. The topological polar surface area (TPSA) is 91.3 Å². The summed E-state index contributed by atoms with van der Waals surface area (Å²) in [6, 6.07) is 18.8. The molecule has 8 heteroatoms. The van der Waals surface area contributed by atoms with Gasteiger partial charge < -0.3 is 23.5 Å². The average Bonchev–Trinajstić information content (AvgIpc) is 2.87. The van der Waals surface area contributed by atoms with Crippen molar-refractivity contribution in [2.24, 2.45) is 0 Å². The van der Waals surface area contributed by atoms with Gasteiger partial charge in [-0.2, -0.15) is 8.42 Å². The monoisotopic (exact) mass is 512 g/mol. The van der Waals surface area contributed by atoms with Gasteiger partial charge >= 0.3 is 10.1 Å². The lowest BCUT2D eigenvalue weighted by Gasteiger charge is -2.22. The summed E-state index contributed by atoms with van der Waals surface area (Å²) in [5, 5.41) is 10.4. The van der Waals surface area contributed by atoms with E-state index < -0.39 is 22.3 Å². The Bertz CT molecular complexity index is 1240. The maximum atomic E-state index is 12.8. The van der Waals surface area contributed by atoms with Crippen LogP contribution in [0.1, 0.15) is 35.6 Å². The highest BCUT2D eigenvalue weighted by Crippen LogP contribution is 2.35. The van der Waals surface area contributed by atoms with Gasteiger partial charge in [0.1, 0.15) is 10.6 Å². The molecule has 0 saturated carbocycles. The predicted octanol–water partition coefficient (Wildman–Crippen LogP) is 5.36. The van der Waals surface area contributed by atoms with Crippen molar-refractivity contribution >= 4 is 10.1 Å². The van der Waals surface area contributed by atoms with Gasteiger partial charge in [0.05, 0.1) is 33.0 Å². The molecule has 2 atom stereocenters. The van der Waals surface area contributed by atoms with Crippen LogP contribution in [-0.4, -0.2) is 33.8 Å². The first-order valence-electron chi connectivity index (χ1n) is 11.5. The van der Waals surface area contributed by atoms with Crippen LogP contribution in [0.5, 0.6) is 17.2 Å². The number of aliphatic hydroxyl groups is 1. The summed E-state index contributed by atoms with van der Waals surface area (Å²) in [5.41, 5.74) is 2.59. The van der Waals surface area contributed by atoms with Gasteiger partial charge in [-0.15, -0.1) is 6.58 Å². The Hall–Kier alpha value is -3.33. The second kappa shape index (κ2) is 12.6. The van der Waals surface area contributed by atoms with Gasteiger partial charge in [-0.3, -0.25) is 0 Å². The Balaban J connectivity index is 1.83. The molecule has 0 amide bonds. The van der Waals surface area contributed by atoms with Crippen LogP contribution < -0.4 is 13.7 Å². The fourth-order valence-corrected chi connectivity index (χ4v) is 4.52. The smallest absolute Gasteiger partial charge is 0.339 e. The third kappa shape index (κ3) is 7.34. The van der Waals surface area contributed by atoms with Gasteiger partial charge in [0.25, 0.3) is 0 Å². The molecule has 0 unspecified atom stereocenters. The zero-order chi connectivity index (χ0) is 26.1. The molecule has 0 aliphatic rings. The molecule has 0 radical (unpaired) electrons. The standard InChI is InChI=1S/C28H32O7S/c1-5-6-23(29)18-27(34-19-21-9-12-24(32-3)13-10-21)22-11-16-26(28(17-22)33-4)35-36(30,31)25-14-7-20(2)8-15-25/h5,7-17,23,27,29H,1,6,18-19H2,2-4H3/t23-,27+/m1/s1. The van der Waals surface area contributed by atoms with Crippen LogP contribution in [0.3, 0.4) is 0 Å². The Morgan fingerprint density at radius 1 is 0.944 bits per heavy atom. The third-order valence-electron chi connectivity index (χ3n) is 5.60. The lowest BCUT2D eigenvalue weighted by molar-refractivity contribution is 0.00300. The van der Waals surface area contributed by atoms with Crippen LogP contribution in [0.4, 0.5) is 0 Å². The van der Waals surface area contributed by atoms with E-state index in [0.717, 1.165) is 16.9 Å². The molecule has 0 aliphatic carbocycles. The fourth-order valence-electron chi connectivity index (χ4n) is 3.58. The highest BCUT2D eigenvalue weighted by atomic mass is 32.2. The molecule has 0 bridgehead atoms. The molecule has 0 spiro atoms. The van der Waals surface area contributed by atoms with E-state index in [9.17, 15) is 13.5 Å². The molecule has 3 aromatic rings. The molecule has 0 aromatic heterocycles. The van der Waals surface area contributed by atoms with E-state index in [2.05, 4.69) is 6.58 Å². The number of ether oxygens (including phenoxy) is 3. The zero-order valence-electron chi connectivity index (χ0n) is 20.7. The van der Waals surface area contributed by atoms with Gasteiger partial charge in [-0.1, -0.05) is 42.0 Å². The number of rotatable bonds is 13. The molecule has 192 valence electrons. The van der Waals surface area contributed by atoms with Crippen molar-refractivity contribution < 1.29 is 31.9 Å². The second-order valence-corrected chi connectivity index (χ2v) is 9.87. The summed E-state index contributed by atoms with van der Waals surface area (Å²) in [5.74, 6) is 1.04. The summed E-state index contributed by atoms with van der Waals surface area (Å²) in [7, 11) is -1.01. The van der Waals surface area contributed by atoms with E-state index in [-0.39, 0.29) is 16.4 Å². The molecule has 0 heterocycles. The number of hydrogen-bond donors (Lipinski definition) is 1. The average molecular weight is 513 g/mol. The van der Waals surface area contributed by atoms with Crippen LogP contribution >= 0.6 is 0 Å². The summed E-state index contributed by atoms with van der Waals surface area (Å²) < 4.78 is 47.7. The van der Waals surface area contributed by atoms with E-state index in [1.54, 1.807) is 37.5 Å². The van der Waals surface area contributed by atoms with Crippen molar-refractivity contribution in [2.45, 2.75) is 43.5 Å². The van der Waals surface area contributed by atoms with E-state index in [0.29, 0.717) is 25.0 Å². The SMILES string of the molecule is C=CC[C@@H](O)C[C@H](OCc1ccc(OC)cc1)c1ccc(OS(=O)(=O)c2ccc(C)cc2)c(OC)c1. The minimum absolute atomic E-state index is 0.0486. The van der Waals surface area contributed by atoms with Crippen LogP contribution in [0.15, 0.2) is 84.3 Å². The van der Waals surface area contributed by atoms with Gasteiger partial charge in [0.2, 0.25) is 0 Å². The largest absolute Gasteiger partial charge is 0.497 e. The number of methoxy groups -OCH3 is 2. The third-order valence-corrected chi connectivity index (χ3v) is 6.85. The quantitative estimate of drug-likeness (QED) is 0.243. The highest BCUT2D eigenvalue weighted by Gasteiger charge is 2.22. The van der Waals surface area contributed by atoms with E-state index in [4.69, 9.17) is 18.4 Å². The molecule has 1 N–H and O–H groups in total. The van der Waals surface area contributed by atoms with Crippen LogP contribution in [-0.2, 0) is 21.5 Å². The normalized spacial score (nSPS) is 13.0. The number of aliphatic hydroxyl groups excluding tert-OH is 1. The van der Waals surface area contributed by atoms with Crippen LogP contribution in [0.2, 0.25) is 0 Å². The van der Waals surface area contributed by atoms with Crippen LogP contribution in [0, 0.1) is 6.92 Å². The number of aryl methyl sites for hydroxylation is 1. The second-order valence-electron chi connectivity index (χ2n) is 8.32. The van der Waals surface area contributed by atoms with Crippen molar-refractivity contribution in [3.05, 3.63) is 96.1 Å². The highest BCUT2D eigenvalue weighted by molar-refractivity contribution is 7.87. The molecule has 0 saturated heterocycles. The van der Waals surface area contributed by atoms with Gasteiger partial charge in [0, 0.05) is 6.42 Å². The fraction of sp³-hybridized carbons (Fsp3) is 0.286.